The molecule has 0 aliphatic rings. The van der Waals surface area contributed by atoms with E-state index >= 15 is 0 Å². The largest absolute Gasteiger partial charge is 0.416 e. The van der Waals surface area contributed by atoms with Crippen LogP contribution in [0.5, 0.6) is 0 Å². The monoisotopic (exact) mass is 435 g/mol. The van der Waals surface area contributed by atoms with Gasteiger partial charge in [0.25, 0.3) is 5.69 Å². The second kappa shape index (κ2) is 7.83. The normalized spacial score (nSPS) is 11.2. The molecule has 1 aromatic heterocycles. The van der Waals surface area contributed by atoms with Crippen LogP contribution < -0.4 is 5.32 Å². The van der Waals surface area contributed by atoms with E-state index in [4.69, 9.17) is 0 Å². The van der Waals surface area contributed by atoms with Crippen LogP contribution in [0.25, 0.3) is 0 Å². The number of thioether (sulfide) groups is 1. The van der Waals surface area contributed by atoms with E-state index in [1.54, 1.807) is 12.1 Å². The molecule has 1 aromatic carbocycles. The second-order valence-corrected chi connectivity index (χ2v) is 6.57. The van der Waals surface area contributed by atoms with Gasteiger partial charge >= 0.3 is 6.18 Å². The fraction of sp³-hybridized carbons (Fsp3) is 0.143. The maximum atomic E-state index is 12.6. The van der Waals surface area contributed by atoms with Crippen LogP contribution >= 0.6 is 27.7 Å². The van der Waals surface area contributed by atoms with Gasteiger partial charge in [0.15, 0.2) is 0 Å². The van der Waals surface area contributed by atoms with Crippen molar-refractivity contribution in [2.75, 3.05) is 11.1 Å². The molecule has 0 aliphatic carbocycles. The van der Waals surface area contributed by atoms with Crippen molar-refractivity contribution in [3.8, 4) is 0 Å². The molecule has 1 N–H and O–H groups in total. The van der Waals surface area contributed by atoms with Gasteiger partial charge in [0.05, 0.1) is 21.1 Å². The van der Waals surface area contributed by atoms with Gasteiger partial charge < -0.3 is 5.32 Å². The number of rotatable bonds is 5. The Morgan fingerprint density at radius 2 is 2.04 bits per heavy atom. The number of aromatic nitrogens is 1. The lowest BCUT2D eigenvalue weighted by molar-refractivity contribution is -0.388. The van der Waals surface area contributed by atoms with Gasteiger partial charge in [-0.25, -0.2) is 4.98 Å². The summed E-state index contributed by atoms with van der Waals surface area (Å²) in [5, 5.41) is 13.5. The number of nitrogens with zero attached hydrogens (tertiary/aromatic N) is 2. The van der Waals surface area contributed by atoms with Crippen LogP contribution in [0.2, 0.25) is 0 Å². The van der Waals surface area contributed by atoms with E-state index in [-0.39, 0.29) is 16.5 Å². The predicted octanol–water partition coefficient (Wildman–Crippen LogP) is 4.50. The molecular formula is C14H9BrF3N3O3S. The molecule has 0 saturated carbocycles. The van der Waals surface area contributed by atoms with E-state index in [1.165, 1.54) is 6.20 Å². The van der Waals surface area contributed by atoms with E-state index in [9.17, 15) is 28.1 Å². The Balaban J connectivity index is 2.07. The quantitative estimate of drug-likeness (QED) is 0.424. The molecule has 0 aliphatic heterocycles. The van der Waals surface area contributed by atoms with Crippen molar-refractivity contribution < 1.29 is 22.9 Å². The van der Waals surface area contributed by atoms with Gasteiger partial charge in [-0.1, -0.05) is 0 Å². The van der Waals surface area contributed by atoms with E-state index in [0.717, 1.165) is 28.4 Å². The number of hydrogen-bond donors (Lipinski definition) is 1. The minimum atomic E-state index is -4.68. The fourth-order valence-electron chi connectivity index (χ4n) is 1.73. The highest BCUT2D eigenvalue weighted by atomic mass is 79.9. The molecule has 2 rings (SSSR count). The second-order valence-electron chi connectivity index (χ2n) is 4.64. The first-order valence-electron chi connectivity index (χ1n) is 6.56. The maximum absolute atomic E-state index is 12.6. The number of halogens is 4. The molecule has 0 atom stereocenters. The SMILES string of the molecule is O=C(CSc1ccc(C(F)(F)F)cc1[N+](=O)[O-])Nc1ccc(Br)cn1. The molecule has 0 fully saturated rings. The molecular weight excluding hydrogens is 427 g/mol. The van der Waals surface area contributed by atoms with Crippen LogP contribution in [0.4, 0.5) is 24.7 Å². The van der Waals surface area contributed by atoms with Crippen molar-refractivity contribution in [1.82, 2.24) is 4.98 Å². The van der Waals surface area contributed by atoms with Gasteiger partial charge in [-0.2, -0.15) is 13.2 Å². The van der Waals surface area contributed by atoms with Crippen LogP contribution in [-0.4, -0.2) is 21.6 Å². The van der Waals surface area contributed by atoms with Crippen molar-refractivity contribution in [2.45, 2.75) is 11.1 Å². The zero-order valence-corrected chi connectivity index (χ0v) is 14.6. The van der Waals surface area contributed by atoms with Crippen LogP contribution in [0.3, 0.4) is 0 Å². The minimum Gasteiger partial charge on any atom is -0.310 e. The number of nitro groups is 1. The smallest absolute Gasteiger partial charge is 0.310 e. The van der Waals surface area contributed by atoms with Crippen LogP contribution in [0, 0.1) is 10.1 Å². The van der Waals surface area contributed by atoms with Crippen LogP contribution in [0.1, 0.15) is 5.56 Å². The first-order valence-corrected chi connectivity index (χ1v) is 8.34. The summed E-state index contributed by atoms with van der Waals surface area (Å²) in [6, 6.07) is 5.39. The Morgan fingerprint density at radius 3 is 2.60 bits per heavy atom. The Labute approximate surface area is 152 Å². The molecule has 1 amide bonds. The molecule has 0 bridgehead atoms. The zero-order chi connectivity index (χ0) is 18.6. The highest BCUT2D eigenvalue weighted by molar-refractivity contribution is 9.10. The molecule has 1 heterocycles. The van der Waals surface area contributed by atoms with E-state index in [0.29, 0.717) is 6.07 Å². The van der Waals surface area contributed by atoms with E-state index in [1.807, 2.05) is 0 Å². The topological polar surface area (TPSA) is 85.1 Å². The maximum Gasteiger partial charge on any atom is 0.416 e. The number of carbonyl (C=O) groups excluding carboxylic acids is 1. The van der Waals surface area contributed by atoms with Gasteiger partial charge in [-0.05, 0) is 40.2 Å². The van der Waals surface area contributed by atoms with Gasteiger partial charge in [-0.15, -0.1) is 11.8 Å². The molecule has 132 valence electrons. The third kappa shape index (κ3) is 5.43. The highest BCUT2D eigenvalue weighted by Crippen LogP contribution is 2.36. The van der Waals surface area contributed by atoms with Crippen molar-refractivity contribution in [3.63, 3.8) is 0 Å². The Morgan fingerprint density at radius 1 is 1.32 bits per heavy atom. The molecule has 0 radical (unpaired) electrons. The van der Waals surface area contributed by atoms with Crippen molar-refractivity contribution >= 4 is 45.1 Å². The van der Waals surface area contributed by atoms with Gasteiger partial charge in [0.1, 0.15) is 5.82 Å². The number of pyridine rings is 1. The minimum absolute atomic E-state index is 0.0306. The van der Waals surface area contributed by atoms with Crippen LogP contribution in [0.15, 0.2) is 45.9 Å². The lowest BCUT2D eigenvalue weighted by atomic mass is 10.2. The van der Waals surface area contributed by atoms with Gasteiger partial charge in [0, 0.05) is 16.7 Å². The predicted molar refractivity (Wildman–Crippen MR) is 89.4 cm³/mol. The summed E-state index contributed by atoms with van der Waals surface area (Å²) in [4.78, 5) is 25.8. The Hall–Kier alpha value is -2.14. The summed E-state index contributed by atoms with van der Waals surface area (Å²) in [5.74, 6) is -0.422. The van der Waals surface area contributed by atoms with Crippen molar-refractivity contribution in [3.05, 3.63) is 56.7 Å². The number of anilines is 1. The molecule has 6 nitrogen and oxygen atoms in total. The molecule has 0 unspecified atom stereocenters. The number of alkyl halides is 3. The summed E-state index contributed by atoms with van der Waals surface area (Å²) in [6.07, 6.45) is -3.21. The summed E-state index contributed by atoms with van der Waals surface area (Å²) in [7, 11) is 0. The standard InChI is InChI=1S/C14H9BrF3N3O3S/c15-9-2-4-12(19-6-9)20-13(22)7-25-11-3-1-8(14(16,17)18)5-10(11)21(23)24/h1-6H,7H2,(H,19,20,22). The number of nitrogens with one attached hydrogen (secondary N) is 1. The molecule has 2 aromatic rings. The first-order chi connectivity index (χ1) is 11.7. The van der Waals surface area contributed by atoms with E-state index < -0.39 is 28.3 Å². The van der Waals surface area contributed by atoms with E-state index in [2.05, 4.69) is 26.2 Å². The first kappa shape index (κ1) is 19.2. The lowest BCUT2D eigenvalue weighted by Crippen LogP contribution is -2.15. The number of hydrogen-bond acceptors (Lipinski definition) is 5. The lowest BCUT2D eigenvalue weighted by Gasteiger charge is -2.09. The number of nitro benzene ring substituents is 1. The van der Waals surface area contributed by atoms with Gasteiger partial charge in [-0.3, -0.25) is 14.9 Å². The molecule has 0 spiro atoms. The average Bonchev–Trinajstić information content (AvgIpc) is 2.54. The number of carbonyl (C=O) groups is 1. The molecule has 25 heavy (non-hydrogen) atoms. The summed E-state index contributed by atoms with van der Waals surface area (Å²) in [6.45, 7) is 0. The molecule has 0 saturated heterocycles. The third-order valence-electron chi connectivity index (χ3n) is 2.84. The van der Waals surface area contributed by atoms with Gasteiger partial charge in [0.2, 0.25) is 5.91 Å². The third-order valence-corrected chi connectivity index (χ3v) is 4.37. The molecule has 11 heteroatoms. The Bertz CT molecular complexity index is 800. The summed E-state index contributed by atoms with van der Waals surface area (Å²) >= 11 is 3.96. The van der Waals surface area contributed by atoms with Crippen molar-refractivity contribution in [2.24, 2.45) is 0 Å². The zero-order valence-electron chi connectivity index (χ0n) is 12.2. The van der Waals surface area contributed by atoms with Crippen LogP contribution in [-0.2, 0) is 11.0 Å². The average molecular weight is 436 g/mol. The fourth-order valence-corrected chi connectivity index (χ4v) is 2.77. The Kier molecular flexibility index (Phi) is 6.01. The number of benzene rings is 1. The number of amides is 1. The summed E-state index contributed by atoms with van der Waals surface area (Å²) in [5.41, 5.74) is -1.82. The van der Waals surface area contributed by atoms with Crippen molar-refractivity contribution in [1.29, 1.82) is 0 Å². The highest BCUT2D eigenvalue weighted by Gasteiger charge is 2.33. The summed E-state index contributed by atoms with van der Waals surface area (Å²) < 4.78 is 38.7.